The Hall–Kier alpha value is -3.02. The SMILES string of the molecule is COc1ccc(CCNC(=O)C2Cc3ccccc3N2C(C)=O)c(OC)c1. The van der Waals surface area contributed by atoms with Gasteiger partial charge < -0.3 is 14.8 Å². The molecular formula is C21H24N2O4. The van der Waals surface area contributed by atoms with Crippen molar-refractivity contribution in [1.29, 1.82) is 0 Å². The van der Waals surface area contributed by atoms with Gasteiger partial charge in [-0.25, -0.2) is 0 Å². The number of nitrogens with one attached hydrogen (secondary N) is 1. The summed E-state index contributed by atoms with van der Waals surface area (Å²) in [6.45, 7) is 1.95. The smallest absolute Gasteiger partial charge is 0.243 e. The number of benzene rings is 2. The zero-order valence-corrected chi connectivity index (χ0v) is 15.8. The molecule has 1 atom stereocenters. The summed E-state index contributed by atoms with van der Waals surface area (Å²) in [5, 5.41) is 2.95. The molecule has 0 bridgehead atoms. The Bertz CT molecular complexity index is 850. The molecule has 2 aromatic carbocycles. The monoisotopic (exact) mass is 368 g/mol. The molecule has 1 N–H and O–H groups in total. The number of anilines is 1. The van der Waals surface area contributed by atoms with Crippen LogP contribution in [0.1, 0.15) is 18.1 Å². The summed E-state index contributed by atoms with van der Waals surface area (Å²) in [6, 6.07) is 12.8. The van der Waals surface area contributed by atoms with Crippen LogP contribution in [0.4, 0.5) is 5.69 Å². The van der Waals surface area contributed by atoms with Crippen molar-refractivity contribution < 1.29 is 19.1 Å². The highest BCUT2D eigenvalue weighted by Gasteiger charge is 2.36. The van der Waals surface area contributed by atoms with Gasteiger partial charge in [-0.05, 0) is 29.7 Å². The van der Waals surface area contributed by atoms with Gasteiger partial charge in [0.05, 0.1) is 14.2 Å². The lowest BCUT2D eigenvalue weighted by atomic mass is 10.1. The molecule has 0 saturated carbocycles. The number of carbonyl (C=O) groups excluding carboxylic acids is 2. The number of methoxy groups -OCH3 is 2. The summed E-state index contributed by atoms with van der Waals surface area (Å²) in [4.78, 5) is 26.4. The molecule has 0 aromatic heterocycles. The Kier molecular flexibility index (Phi) is 5.64. The minimum absolute atomic E-state index is 0.128. The molecule has 0 spiro atoms. The zero-order chi connectivity index (χ0) is 19.4. The summed E-state index contributed by atoms with van der Waals surface area (Å²) >= 11 is 0. The average molecular weight is 368 g/mol. The van der Waals surface area contributed by atoms with Gasteiger partial charge in [-0.3, -0.25) is 14.5 Å². The molecule has 142 valence electrons. The van der Waals surface area contributed by atoms with Gasteiger partial charge in [-0.2, -0.15) is 0 Å². The quantitative estimate of drug-likeness (QED) is 0.850. The lowest BCUT2D eigenvalue weighted by molar-refractivity contribution is -0.125. The second kappa shape index (κ2) is 8.12. The molecule has 1 aliphatic rings. The first-order chi connectivity index (χ1) is 13.0. The van der Waals surface area contributed by atoms with E-state index >= 15 is 0 Å². The van der Waals surface area contributed by atoms with Crippen LogP contribution in [0.2, 0.25) is 0 Å². The average Bonchev–Trinajstić information content (AvgIpc) is 3.08. The lowest BCUT2D eigenvalue weighted by Gasteiger charge is -2.23. The standard InChI is InChI=1S/C21H24N2O4/c1-14(24)23-18-7-5-4-6-16(18)12-19(23)21(25)22-11-10-15-8-9-17(26-2)13-20(15)27-3/h4-9,13,19H,10-12H2,1-3H3,(H,22,25). The van der Waals surface area contributed by atoms with Crippen LogP contribution in [-0.4, -0.2) is 38.6 Å². The number of para-hydroxylation sites is 1. The van der Waals surface area contributed by atoms with Crippen LogP contribution in [-0.2, 0) is 22.4 Å². The van der Waals surface area contributed by atoms with E-state index in [1.54, 1.807) is 19.1 Å². The molecule has 0 aliphatic carbocycles. The molecule has 1 unspecified atom stereocenters. The Morgan fingerprint density at radius 1 is 1.15 bits per heavy atom. The Labute approximate surface area is 159 Å². The van der Waals surface area contributed by atoms with Crippen molar-refractivity contribution >= 4 is 17.5 Å². The van der Waals surface area contributed by atoms with E-state index < -0.39 is 6.04 Å². The van der Waals surface area contributed by atoms with E-state index in [1.165, 1.54) is 6.92 Å². The fourth-order valence-corrected chi connectivity index (χ4v) is 3.48. The molecule has 0 saturated heterocycles. The van der Waals surface area contributed by atoms with Crippen molar-refractivity contribution in [1.82, 2.24) is 5.32 Å². The predicted octanol–water partition coefficient (Wildman–Crippen LogP) is 2.34. The molecule has 27 heavy (non-hydrogen) atoms. The predicted molar refractivity (Wildman–Crippen MR) is 103 cm³/mol. The van der Waals surface area contributed by atoms with Crippen molar-refractivity contribution in [3.05, 3.63) is 53.6 Å². The highest BCUT2D eigenvalue weighted by molar-refractivity contribution is 6.02. The number of ether oxygens (including phenoxy) is 2. The maximum absolute atomic E-state index is 12.7. The fourth-order valence-electron chi connectivity index (χ4n) is 3.48. The molecule has 6 nitrogen and oxygen atoms in total. The van der Waals surface area contributed by atoms with Gasteiger partial charge >= 0.3 is 0 Å². The second-order valence-corrected chi connectivity index (χ2v) is 6.46. The summed E-state index contributed by atoms with van der Waals surface area (Å²) < 4.78 is 10.6. The third kappa shape index (κ3) is 3.89. The number of amides is 2. The van der Waals surface area contributed by atoms with E-state index in [2.05, 4.69) is 5.32 Å². The van der Waals surface area contributed by atoms with Gasteiger partial charge in [0.25, 0.3) is 0 Å². The highest BCUT2D eigenvalue weighted by Crippen LogP contribution is 2.32. The summed E-state index contributed by atoms with van der Waals surface area (Å²) in [6.07, 6.45) is 1.16. The number of fused-ring (bicyclic) bond motifs is 1. The van der Waals surface area contributed by atoms with Crippen molar-refractivity contribution in [2.45, 2.75) is 25.8 Å². The maximum Gasteiger partial charge on any atom is 0.243 e. The third-order valence-electron chi connectivity index (χ3n) is 4.81. The molecule has 1 heterocycles. The summed E-state index contributed by atoms with van der Waals surface area (Å²) in [7, 11) is 3.21. The second-order valence-electron chi connectivity index (χ2n) is 6.46. The summed E-state index contributed by atoms with van der Waals surface area (Å²) in [5.74, 6) is 1.17. The Balaban J connectivity index is 1.64. The number of rotatable bonds is 6. The van der Waals surface area contributed by atoms with Crippen LogP contribution in [0.15, 0.2) is 42.5 Å². The van der Waals surface area contributed by atoms with E-state index in [9.17, 15) is 9.59 Å². The van der Waals surface area contributed by atoms with Crippen molar-refractivity contribution in [2.24, 2.45) is 0 Å². The topological polar surface area (TPSA) is 67.9 Å². The lowest BCUT2D eigenvalue weighted by Crippen LogP contribution is -2.47. The largest absolute Gasteiger partial charge is 0.497 e. The van der Waals surface area contributed by atoms with Crippen LogP contribution >= 0.6 is 0 Å². The van der Waals surface area contributed by atoms with Gasteiger partial charge in [-0.1, -0.05) is 24.3 Å². The Morgan fingerprint density at radius 3 is 2.63 bits per heavy atom. The fraction of sp³-hybridized carbons (Fsp3) is 0.333. The van der Waals surface area contributed by atoms with E-state index in [1.807, 2.05) is 42.5 Å². The van der Waals surface area contributed by atoms with Crippen LogP contribution in [0.5, 0.6) is 11.5 Å². The maximum atomic E-state index is 12.7. The minimum Gasteiger partial charge on any atom is -0.497 e. The zero-order valence-electron chi connectivity index (χ0n) is 15.8. The molecule has 3 rings (SSSR count). The number of hydrogen-bond donors (Lipinski definition) is 1. The first kappa shape index (κ1) is 18.8. The molecule has 0 radical (unpaired) electrons. The van der Waals surface area contributed by atoms with Crippen molar-refractivity contribution in [2.75, 3.05) is 25.7 Å². The first-order valence-corrected chi connectivity index (χ1v) is 8.91. The molecule has 2 amide bonds. The Morgan fingerprint density at radius 2 is 1.93 bits per heavy atom. The van der Waals surface area contributed by atoms with Crippen LogP contribution in [0, 0.1) is 0 Å². The van der Waals surface area contributed by atoms with Gasteiger partial charge in [0.15, 0.2) is 0 Å². The molecular weight excluding hydrogens is 344 g/mol. The van der Waals surface area contributed by atoms with Crippen LogP contribution in [0.3, 0.4) is 0 Å². The van der Waals surface area contributed by atoms with Crippen LogP contribution in [0.25, 0.3) is 0 Å². The molecule has 2 aromatic rings. The first-order valence-electron chi connectivity index (χ1n) is 8.91. The number of hydrogen-bond acceptors (Lipinski definition) is 4. The highest BCUT2D eigenvalue weighted by atomic mass is 16.5. The van der Waals surface area contributed by atoms with Crippen molar-refractivity contribution in [3.63, 3.8) is 0 Å². The van der Waals surface area contributed by atoms with E-state index in [0.29, 0.717) is 19.4 Å². The molecule has 0 fully saturated rings. The van der Waals surface area contributed by atoms with Gasteiger partial charge in [0, 0.05) is 31.6 Å². The molecule has 6 heteroatoms. The summed E-state index contributed by atoms with van der Waals surface area (Å²) in [5.41, 5.74) is 2.82. The van der Waals surface area contributed by atoms with Gasteiger partial charge in [0.1, 0.15) is 17.5 Å². The number of nitrogens with zero attached hydrogens (tertiary/aromatic N) is 1. The van der Waals surface area contributed by atoms with Crippen molar-refractivity contribution in [3.8, 4) is 11.5 Å². The molecule has 1 aliphatic heterocycles. The van der Waals surface area contributed by atoms with Crippen LogP contribution < -0.4 is 19.7 Å². The number of carbonyl (C=O) groups is 2. The van der Waals surface area contributed by atoms with Gasteiger partial charge in [0.2, 0.25) is 11.8 Å². The third-order valence-corrected chi connectivity index (χ3v) is 4.81. The van der Waals surface area contributed by atoms with E-state index in [4.69, 9.17) is 9.47 Å². The minimum atomic E-state index is -0.502. The normalized spacial score (nSPS) is 15.2. The van der Waals surface area contributed by atoms with E-state index in [0.717, 1.165) is 28.3 Å². The van der Waals surface area contributed by atoms with Gasteiger partial charge in [-0.15, -0.1) is 0 Å². The van der Waals surface area contributed by atoms with E-state index in [-0.39, 0.29) is 11.8 Å².